The summed E-state index contributed by atoms with van der Waals surface area (Å²) in [5.74, 6) is -1.37. The van der Waals surface area contributed by atoms with Crippen molar-refractivity contribution in [2.24, 2.45) is 0 Å². The van der Waals surface area contributed by atoms with Crippen molar-refractivity contribution >= 4 is 11.9 Å². The van der Waals surface area contributed by atoms with E-state index in [-0.39, 0.29) is 12.5 Å². The Labute approximate surface area is 65.1 Å². The number of rotatable bonds is 3. The Morgan fingerprint density at radius 2 is 2.00 bits per heavy atom. The van der Waals surface area contributed by atoms with E-state index in [4.69, 9.17) is 5.11 Å². The Morgan fingerprint density at radius 3 is 2.27 bits per heavy atom. The maximum Gasteiger partial charge on any atom is 0.323 e. The average Bonchev–Trinajstić information content (AvgIpc) is 1.84. The Bertz CT molecular complexity index is 198. The van der Waals surface area contributed by atoms with Gasteiger partial charge in [0.1, 0.15) is 6.54 Å². The fraction of sp³-hybridized carbons (Fsp3) is 0.429. The number of hydrogen-bond acceptors (Lipinski definition) is 2. The zero-order chi connectivity index (χ0) is 9.02. The first kappa shape index (κ1) is 9.68. The minimum absolute atomic E-state index is 0.286. The van der Waals surface area contributed by atoms with E-state index in [0.29, 0.717) is 5.57 Å². The molecule has 0 spiro atoms. The van der Waals surface area contributed by atoms with Crippen molar-refractivity contribution in [1.82, 2.24) is 4.90 Å². The van der Waals surface area contributed by atoms with Crippen LogP contribution in [0.25, 0.3) is 0 Å². The number of carboxylic acids is 1. The molecular weight excluding hydrogens is 146 g/mol. The van der Waals surface area contributed by atoms with Crippen molar-refractivity contribution in [1.29, 1.82) is 0 Å². The molecule has 0 saturated carbocycles. The van der Waals surface area contributed by atoms with Crippen LogP contribution < -0.4 is 0 Å². The van der Waals surface area contributed by atoms with Gasteiger partial charge in [0.2, 0.25) is 5.91 Å². The fourth-order valence-corrected chi connectivity index (χ4v) is 0.601. The summed E-state index contributed by atoms with van der Waals surface area (Å²) in [5.41, 5.74) is 0.341. The lowest BCUT2D eigenvalue weighted by Gasteiger charge is -2.13. The number of carbonyl (C=O) groups excluding carboxylic acids is 1. The molecule has 0 rings (SSSR count). The number of likely N-dealkylation sites (N-methyl/N-ethyl adjacent to an activating group) is 1. The van der Waals surface area contributed by atoms with Gasteiger partial charge in [-0.3, -0.25) is 9.59 Å². The Balaban J connectivity index is 4.03. The highest BCUT2D eigenvalue weighted by atomic mass is 16.4. The molecule has 0 aromatic carbocycles. The van der Waals surface area contributed by atoms with E-state index >= 15 is 0 Å². The Hall–Kier alpha value is -1.32. The molecule has 62 valence electrons. The SMILES string of the molecule is C=C(C)C(=O)N(C)CC(=O)O. The van der Waals surface area contributed by atoms with Crippen molar-refractivity contribution < 1.29 is 14.7 Å². The van der Waals surface area contributed by atoms with Crippen molar-refractivity contribution in [2.75, 3.05) is 13.6 Å². The molecule has 0 heterocycles. The van der Waals surface area contributed by atoms with Gasteiger partial charge in [-0.05, 0) is 6.92 Å². The highest BCUT2D eigenvalue weighted by molar-refractivity contribution is 5.93. The lowest BCUT2D eigenvalue weighted by atomic mass is 10.3. The lowest BCUT2D eigenvalue weighted by molar-refractivity contribution is -0.142. The van der Waals surface area contributed by atoms with E-state index < -0.39 is 5.97 Å². The number of carboxylic acid groups (broad SMARTS) is 1. The van der Waals surface area contributed by atoms with Crippen LogP contribution in [0.15, 0.2) is 12.2 Å². The van der Waals surface area contributed by atoms with Crippen molar-refractivity contribution in [2.45, 2.75) is 6.92 Å². The second-order valence-electron chi connectivity index (χ2n) is 2.34. The Morgan fingerprint density at radius 1 is 1.55 bits per heavy atom. The molecule has 1 amide bonds. The normalized spacial score (nSPS) is 8.91. The summed E-state index contributed by atoms with van der Waals surface area (Å²) in [6.07, 6.45) is 0. The summed E-state index contributed by atoms with van der Waals surface area (Å²) >= 11 is 0. The topological polar surface area (TPSA) is 57.6 Å². The number of carbonyl (C=O) groups is 2. The molecule has 0 bridgehead atoms. The third-order valence-electron chi connectivity index (χ3n) is 1.08. The number of aliphatic carboxylic acids is 1. The van der Waals surface area contributed by atoms with Gasteiger partial charge < -0.3 is 10.0 Å². The highest BCUT2D eigenvalue weighted by Gasteiger charge is 2.11. The minimum Gasteiger partial charge on any atom is -0.480 e. The molecule has 11 heavy (non-hydrogen) atoms. The van der Waals surface area contributed by atoms with E-state index in [9.17, 15) is 9.59 Å². The number of amides is 1. The van der Waals surface area contributed by atoms with Gasteiger partial charge in [0.05, 0.1) is 0 Å². The minimum atomic E-state index is -1.03. The molecule has 0 saturated heterocycles. The van der Waals surface area contributed by atoms with Crippen LogP contribution in [0.1, 0.15) is 6.92 Å². The van der Waals surface area contributed by atoms with Crippen LogP contribution in [-0.4, -0.2) is 35.5 Å². The molecule has 0 aliphatic heterocycles. The summed E-state index contributed by atoms with van der Waals surface area (Å²) in [6, 6.07) is 0. The van der Waals surface area contributed by atoms with Crippen molar-refractivity contribution in [3.05, 3.63) is 12.2 Å². The van der Waals surface area contributed by atoms with Crippen LogP contribution >= 0.6 is 0 Å². The summed E-state index contributed by atoms with van der Waals surface area (Å²) in [4.78, 5) is 22.2. The molecule has 0 unspecified atom stereocenters. The van der Waals surface area contributed by atoms with Crippen LogP contribution in [0.5, 0.6) is 0 Å². The van der Waals surface area contributed by atoms with Crippen molar-refractivity contribution in [3.8, 4) is 0 Å². The van der Waals surface area contributed by atoms with Gasteiger partial charge >= 0.3 is 5.97 Å². The van der Waals surface area contributed by atoms with Gasteiger partial charge in [-0.15, -0.1) is 0 Å². The standard InChI is InChI=1S/C7H11NO3/c1-5(2)7(11)8(3)4-6(9)10/h1,4H2,2-3H3,(H,9,10). The summed E-state index contributed by atoms with van der Waals surface area (Å²) in [6.45, 7) is 4.66. The molecule has 0 aromatic heterocycles. The van der Waals surface area contributed by atoms with Gasteiger partial charge in [-0.25, -0.2) is 0 Å². The quantitative estimate of drug-likeness (QED) is 0.591. The molecule has 4 nitrogen and oxygen atoms in total. The average molecular weight is 157 g/mol. The van der Waals surface area contributed by atoms with E-state index in [0.717, 1.165) is 4.90 Å². The van der Waals surface area contributed by atoms with Crippen LogP contribution in [0.4, 0.5) is 0 Å². The van der Waals surface area contributed by atoms with Gasteiger partial charge in [-0.1, -0.05) is 6.58 Å². The third kappa shape index (κ3) is 3.40. The zero-order valence-electron chi connectivity index (χ0n) is 6.63. The predicted octanol–water partition coefficient (Wildman–Crippen LogP) is 0.106. The van der Waals surface area contributed by atoms with Gasteiger partial charge in [-0.2, -0.15) is 0 Å². The summed E-state index contributed by atoms with van der Waals surface area (Å²) < 4.78 is 0. The molecule has 0 aliphatic rings. The van der Waals surface area contributed by atoms with Crippen LogP contribution in [0.3, 0.4) is 0 Å². The second kappa shape index (κ2) is 3.75. The van der Waals surface area contributed by atoms with Crippen LogP contribution in [0.2, 0.25) is 0 Å². The third-order valence-corrected chi connectivity index (χ3v) is 1.08. The number of nitrogens with zero attached hydrogens (tertiary/aromatic N) is 1. The Kier molecular flexibility index (Phi) is 3.30. The molecule has 0 radical (unpaired) electrons. The first-order valence-corrected chi connectivity index (χ1v) is 3.08. The molecule has 0 aromatic rings. The molecule has 0 fully saturated rings. The van der Waals surface area contributed by atoms with E-state index in [1.165, 1.54) is 7.05 Å². The maximum atomic E-state index is 10.9. The van der Waals surface area contributed by atoms with Crippen LogP contribution in [-0.2, 0) is 9.59 Å². The smallest absolute Gasteiger partial charge is 0.323 e. The first-order valence-electron chi connectivity index (χ1n) is 3.08. The van der Waals surface area contributed by atoms with E-state index in [2.05, 4.69) is 6.58 Å². The van der Waals surface area contributed by atoms with Gasteiger partial charge in [0.15, 0.2) is 0 Å². The van der Waals surface area contributed by atoms with E-state index in [1.807, 2.05) is 0 Å². The van der Waals surface area contributed by atoms with Gasteiger partial charge in [0.25, 0.3) is 0 Å². The monoisotopic (exact) mass is 157 g/mol. The van der Waals surface area contributed by atoms with Crippen molar-refractivity contribution in [3.63, 3.8) is 0 Å². The highest BCUT2D eigenvalue weighted by Crippen LogP contribution is 1.94. The van der Waals surface area contributed by atoms with E-state index in [1.54, 1.807) is 6.92 Å². The second-order valence-corrected chi connectivity index (χ2v) is 2.34. The number of hydrogen-bond donors (Lipinski definition) is 1. The maximum absolute atomic E-state index is 10.9. The predicted molar refractivity (Wildman–Crippen MR) is 40.1 cm³/mol. The largest absolute Gasteiger partial charge is 0.480 e. The first-order chi connectivity index (χ1) is 4.95. The molecular formula is C7H11NO3. The lowest BCUT2D eigenvalue weighted by Crippen LogP contribution is -2.32. The van der Waals surface area contributed by atoms with Gasteiger partial charge in [0, 0.05) is 12.6 Å². The summed E-state index contributed by atoms with van der Waals surface area (Å²) in [5, 5.41) is 8.29. The molecule has 0 aliphatic carbocycles. The fourth-order valence-electron chi connectivity index (χ4n) is 0.601. The molecule has 1 N–H and O–H groups in total. The zero-order valence-corrected chi connectivity index (χ0v) is 6.63. The molecule has 0 atom stereocenters. The molecule has 4 heteroatoms. The summed E-state index contributed by atoms with van der Waals surface area (Å²) in [7, 11) is 1.42. The van der Waals surface area contributed by atoms with Crippen LogP contribution in [0, 0.1) is 0 Å².